The van der Waals surface area contributed by atoms with E-state index in [9.17, 15) is 0 Å². The predicted molar refractivity (Wildman–Crippen MR) is 71.5 cm³/mol. The molecule has 86 valence electrons. The van der Waals surface area contributed by atoms with Crippen LogP contribution < -0.4 is 4.74 Å². The average molecular weight is 246 g/mol. The first-order valence-electron chi connectivity index (χ1n) is 5.23. The molecule has 2 nitrogen and oxygen atoms in total. The normalized spacial score (nSPS) is 11.3. The van der Waals surface area contributed by atoms with Crippen LogP contribution in [0.5, 0.6) is 5.75 Å². The molecule has 0 aliphatic carbocycles. The highest BCUT2D eigenvalue weighted by molar-refractivity contribution is 6.69. The molecule has 0 aromatic heterocycles. The van der Waals surface area contributed by atoms with Crippen molar-refractivity contribution in [1.29, 1.82) is 0 Å². The molecular weight excluding hydrogens is 234 g/mol. The third-order valence-corrected chi connectivity index (χ3v) is 2.61. The van der Waals surface area contributed by atoms with Crippen LogP contribution in [0.3, 0.4) is 0 Å². The van der Waals surface area contributed by atoms with Crippen LogP contribution in [0.4, 0.5) is 5.69 Å². The molecule has 0 N–H and O–H groups in total. The van der Waals surface area contributed by atoms with Gasteiger partial charge in [0.2, 0.25) is 0 Å². The van der Waals surface area contributed by atoms with Crippen molar-refractivity contribution in [2.24, 2.45) is 4.99 Å². The third kappa shape index (κ3) is 3.08. The number of halogens is 1. The van der Waals surface area contributed by atoms with Crippen LogP contribution in [-0.2, 0) is 0 Å². The molecule has 2 aromatic carbocycles. The molecular formula is C14H12ClNO. The van der Waals surface area contributed by atoms with Crippen LogP contribution in [0.1, 0.15) is 5.56 Å². The van der Waals surface area contributed by atoms with E-state index in [-0.39, 0.29) is 0 Å². The van der Waals surface area contributed by atoms with Crippen molar-refractivity contribution >= 4 is 22.5 Å². The minimum absolute atomic E-state index is 0.482. The Bertz CT molecular complexity index is 506. The first-order valence-corrected chi connectivity index (χ1v) is 5.61. The Hall–Kier alpha value is -1.80. The lowest BCUT2D eigenvalue weighted by atomic mass is 10.2. The lowest BCUT2D eigenvalue weighted by Gasteiger charge is -2.01. The average Bonchev–Trinajstić information content (AvgIpc) is 2.40. The van der Waals surface area contributed by atoms with Gasteiger partial charge in [0, 0.05) is 5.56 Å². The molecule has 2 aromatic rings. The van der Waals surface area contributed by atoms with E-state index in [1.165, 1.54) is 0 Å². The van der Waals surface area contributed by atoms with E-state index in [0.29, 0.717) is 5.17 Å². The smallest absolute Gasteiger partial charge is 0.136 e. The van der Waals surface area contributed by atoms with Gasteiger partial charge in [0.25, 0.3) is 0 Å². The second-order valence-electron chi connectivity index (χ2n) is 3.47. The van der Waals surface area contributed by atoms with Gasteiger partial charge in [-0.15, -0.1) is 0 Å². The summed E-state index contributed by atoms with van der Waals surface area (Å²) in [6.07, 6.45) is 0. The summed E-state index contributed by atoms with van der Waals surface area (Å²) >= 11 is 6.13. The van der Waals surface area contributed by atoms with E-state index < -0.39 is 0 Å². The zero-order chi connectivity index (χ0) is 12.1. The molecule has 0 unspecified atom stereocenters. The quantitative estimate of drug-likeness (QED) is 0.749. The molecule has 0 amide bonds. The summed E-state index contributed by atoms with van der Waals surface area (Å²) in [7, 11) is 1.63. The Morgan fingerprint density at radius 2 is 1.65 bits per heavy atom. The zero-order valence-corrected chi connectivity index (χ0v) is 10.2. The monoisotopic (exact) mass is 245 g/mol. The second-order valence-corrected chi connectivity index (χ2v) is 3.82. The van der Waals surface area contributed by atoms with Gasteiger partial charge in [-0.05, 0) is 24.3 Å². The van der Waals surface area contributed by atoms with E-state index in [1.54, 1.807) is 7.11 Å². The summed E-state index contributed by atoms with van der Waals surface area (Å²) < 4.78 is 5.08. The first-order chi connectivity index (χ1) is 8.29. The van der Waals surface area contributed by atoms with Gasteiger partial charge in [-0.1, -0.05) is 41.9 Å². The van der Waals surface area contributed by atoms with Crippen molar-refractivity contribution in [3.63, 3.8) is 0 Å². The van der Waals surface area contributed by atoms with Gasteiger partial charge < -0.3 is 4.74 Å². The molecule has 17 heavy (non-hydrogen) atoms. The number of ether oxygens (including phenoxy) is 1. The third-order valence-electron chi connectivity index (χ3n) is 2.31. The maximum Gasteiger partial charge on any atom is 0.136 e. The molecule has 0 bridgehead atoms. The molecule has 0 radical (unpaired) electrons. The van der Waals surface area contributed by atoms with Gasteiger partial charge in [0.15, 0.2) is 0 Å². The molecule has 0 saturated carbocycles. The highest BCUT2D eigenvalue weighted by atomic mass is 35.5. The van der Waals surface area contributed by atoms with Crippen molar-refractivity contribution < 1.29 is 4.74 Å². The topological polar surface area (TPSA) is 21.6 Å². The van der Waals surface area contributed by atoms with Crippen molar-refractivity contribution in [2.75, 3.05) is 7.11 Å². The fraction of sp³-hybridized carbons (Fsp3) is 0.0714. The van der Waals surface area contributed by atoms with Gasteiger partial charge in [-0.25, -0.2) is 4.99 Å². The number of methoxy groups -OCH3 is 1. The standard InChI is InChI=1S/C14H12ClNO/c1-17-13-9-7-12(8-10-13)16-14(15)11-5-3-2-4-6-11/h2-10H,1H3/b16-14-. The van der Waals surface area contributed by atoms with Crippen LogP contribution in [0.2, 0.25) is 0 Å². The Labute approximate surface area is 106 Å². The number of hydrogen-bond acceptors (Lipinski definition) is 2. The van der Waals surface area contributed by atoms with Gasteiger partial charge in [-0.2, -0.15) is 0 Å². The Balaban J connectivity index is 2.23. The summed E-state index contributed by atoms with van der Waals surface area (Å²) in [5, 5.41) is 0.482. The van der Waals surface area contributed by atoms with Crippen LogP contribution >= 0.6 is 11.6 Å². The number of nitrogens with zero attached hydrogens (tertiary/aromatic N) is 1. The molecule has 0 aliphatic heterocycles. The Kier molecular flexibility index (Phi) is 3.78. The van der Waals surface area contributed by atoms with Crippen molar-refractivity contribution in [3.05, 3.63) is 60.2 Å². The van der Waals surface area contributed by atoms with Crippen LogP contribution in [0, 0.1) is 0 Å². The van der Waals surface area contributed by atoms with E-state index in [1.807, 2.05) is 54.6 Å². The number of hydrogen-bond donors (Lipinski definition) is 0. The maximum atomic E-state index is 6.13. The summed E-state index contributed by atoms with van der Waals surface area (Å²) in [5.41, 5.74) is 1.71. The Morgan fingerprint density at radius 3 is 2.24 bits per heavy atom. The summed E-state index contributed by atoms with van der Waals surface area (Å²) in [6, 6.07) is 17.1. The van der Waals surface area contributed by atoms with E-state index in [2.05, 4.69) is 4.99 Å². The Morgan fingerprint density at radius 1 is 1.00 bits per heavy atom. The van der Waals surface area contributed by atoms with Gasteiger partial charge in [-0.3, -0.25) is 0 Å². The molecule has 0 fully saturated rings. The summed E-state index contributed by atoms with van der Waals surface area (Å²) in [5.74, 6) is 0.805. The second kappa shape index (κ2) is 5.51. The molecule has 2 rings (SSSR count). The zero-order valence-electron chi connectivity index (χ0n) is 9.43. The van der Waals surface area contributed by atoms with Gasteiger partial charge in [0.1, 0.15) is 10.9 Å². The minimum Gasteiger partial charge on any atom is -0.497 e. The number of benzene rings is 2. The van der Waals surface area contributed by atoms with Crippen LogP contribution in [0.25, 0.3) is 0 Å². The highest BCUT2D eigenvalue weighted by Gasteiger charge is 1.99. The SMILES string of the molecule is COc1ccc(/N=C(\Cl)c2ccccc2)cc1. The van der Waals surface area contributed by atoms with Crippen LogP contribution in [0.15, 0.2) is 59.6 Å². The van der Waals surface area contributed by atoms with E-state index in [4.69, 9.17) is 16.3 Å². The highest BCUT2D eigenvalue weighted by Crippen LogP contribution is 2.19. The molecule has 0 saturated heterocycles. The van der Waals surface area contributed by atoms with Crippen molar-refractivity contribution in [2.45, 2.75) is 0 Å². The number of rotatable bonds is 3. The molecule has 3 heteroatoms. The van der Waals surface area contributed by atoms with E-state index >= 15 is 0 Å². The lowest BCUT2D eigenvalue weighted by molar-refractivity contribution is 0.415. The van der Waals surface area contributed by atoms with Crippen molar-refractivity contribution in [1.82, 2.24) is 0 Å². The minimum atomic E-state index is 0.482. The fourth-order valence-corrected chi connectivity index (χ4v) is 1.63. The largest absolute Gasteiger partial charge is 0.497 e. The fourth-order valence-electron chi connectivity index (χ4n) is 1.41. The molecule has 0 heterocycles. The molecule has 0 aliphatic rings. The summed E-state index contributed by atoms with van der Waals surface area (Å²) in [6.45, 7) is 0. The van der Waals surface area contributed by atoms with Gasteiger partial charge in [0.05, 0.1) is 12.8 Å². The summed E-state index contributed by atoms with van der Waals surface area (Å²) in [4.78, 5) is 4.33. The van der Waals surface area contributed by atoms with Gasteiger partial charge >= 0.3 is 0 Å². The maximum absolute atomic E-state index is 6.13. The molecule has 0 spiro atoms. The predicted octanol–water partition coefficient (Wildman–Crippen LogP) is 4.01. The number of aliphatic imine (C=N–C) groups is 1. The van der Waals surface area contributed by atoms with Crippen LogP contribution in [-0.4, -0.2) is 12.3 Å². The van der Waals surface area contributed by atoms with E-state index in [0.717, 1.165) is 17.0 Å². The lowest BCUT2D eigenvalue weighted by Crippen LogP contribution is -1.89. The first kappa shape index (κ1) is 11.7. The molecule has 0 atom stereocenters. The van der Waals surface area contributed by atoms with Crippen molar-refractivity contribution in [3.8, 4) is 5.75 Å².